The maximum absolute atomic E-state index is 5.55. The summed E-state index contributed by atoms with van der Waals surface area (Å²) in [6.45, 7) is 1.66. The molecule has 0 spiro atoms. The molecule has 0 unspecified atom stereocenters. The zero-order chi connectivity index (χ0) is 12.6. The predicted octanol–water partition coefficient (Wildman–Crippen LogP) is 2.71. The molecule has 18 heavy (non-hydrogen) atoms. The van der Waals surface area contributed by atoms with Crippen LogP contribution in [-0.2, 0) is 0 Å². The lowest BCUT2D eigenvalue weighted by Crippen LogP contribution is -2.25. The maximum Gasteiger partial charge on any atom is 0.0576 e. The van der Waals surface area contributed by atoms with Crippen LogP contribution in [0.2, 0.25) is 0 Å². The standard InChI is InChI=1S/C16H20N2/c17-12-7-13-18-16(14-8-3-1-4-9-14)15-10-5-2-6-11-15/h1-6,8-11,16,18H,7,12-13,17H2. The van der Waals surface area contributed by atoms with Gasteiger partial charge in [0.1, 0.15) is 0 Å². The second-order valence-corrected chi connectivity index (χ2v) is 4.35. The molecule has 0 amide bonds. The second kappa shape index (κ2) is 6.94. The smallest absolute Gasteiger partial charge is 0.0576 e. The van der Waals surface area contributed by atoms with Gasteiger partial charge in [-0.15, -0.1) is 0 Å². The van der Waals surface area contributed by atoms with Crippen molar-refractivity contribution < 1.29 is 0 Å². The van der Waals surface area contributed by atoms with Gasteiger partial charge in [-0.3, -0.25) is 0 Å². The first-order valence-electron chi connectivity index (χ1n) is 6.45. The Labute approximate surface area is 109 Å². The highest BCUT2D eigenvalue weighted by Gasteiger charge is 2.11. The van der Waals surface area contributed by atoms with Crippen LogP contribution in [0.1, 0.15) is 23.6 Å². The molecule has 2 heteroatoms. The van der Waals surface area contributed by atoms with E-state index in [-0.39, 0.29) is 6.04 Å². The molecule has 0 saturated heterocycles. The van der Waals surface area contributed by atoms with Crippen molar-refractivity contribution in [1.82, 2.24) is 5.32 Å². The normalized spacial score (nSPS) is 10.8. The van der Waals surface area contributed by atoms with Crippen LogP contribution >= 0.6 is 0 Å². The lowest BCUT2D eigenvalue weighted by Gasteiger charge is -2.19. The zero-order valence-corrected chi connectivity index (χ0v) is 10.5. The SMILES string of the molecule is NCCCNC(c1ccccc1)c1ccccc1. The van der Waals surface area contributed by atoms with Gasteiger partial charge in [0.25, 0.3) is 0 Å². The zero-order valence-electron chi connectivity index (χ0n) is 10.5. The number of nitrogens with one attached hydrogen (secondary N) is 1. The van der Waals surface area contributed by atoms with Crippen molar-refractivity contribution in [2.75, 3.05) is 13.1 Å². The van der Waals surface area contributed by atoms with E-state index >= 15 is 0 Å². The van der Waals surface area contributed by atoms with Crippen molar-refractivity contribution in [2.24, 2.45) is 5.73 Å². The van der Waals surface area contributed by atoms with Crippen molar-refractivity contribution in [3.8, 4) is 0 Å². The fraction of sp³-hybridized carbons (Fsp3) is 0.250. The molecular weight excluding hydrogens is 220 g/mol. The Kier molecular flexibility index (Phi) is 4.94. The van der Waals surface area contributed by atoms with Crippen LogP contribution in [-0.4, -0.2) is 13.1 Å². The number of hydrogen-bond donors (Lipinski definition) is 2. The quantitative estimate of drug-likeness (QED) is 0.762. The van der Waals surface area contributed by atoms with Crippen molar-refractivity contribution in [3.63, 3.8) is 0 Å². The largest absolute Gasteiger partial charge is 0.330 e. The van der Waals surface area contributed by atoms with Gasteiger partial charge in [-0.25, -0.2) is 0 Å². The minimum absolute atomic E-state index is 0.249. The number of nitrogens with two attached hydrogens (primary N) is 1. The van der Waals surface area contributed by atoms with Crippen molar-refractivity contribution in [2.45, 2.75) is 12.5 Å². The minimum atomic E-state index is 0.249. The van der Waals surface area contributed by atoms with Crippen molar-refractivity contribution >= 4 is 0 Å². The van der Waals surface area contributed by atoms with E-state index in [2.05, 4.69) is 53.8 Å². The number of rotatable bonds is 6. The van der Waals surface area contributed by atoms with Crippen LogP contribution in [0, 0.1) is 0 Å². The van der Waals surface area contributed by atoms with Gasteiger partial charge in [0.05, 0.1) is 6.04 Å². The molecule has 2 rings (SSSR count). The number of hydrogen-bond acceptors (Lipinski definition) is 2. The van der Waals surface area contributed by atoms with Crippen LogP contribution in [0.15, 0.2) is 60.7 Å². The fourth-order valence-corrected chi connectivity index (χ4v) is 2.07. The molecular formula is C16H20N2. The molecule has 0 radical (unpaired) electrons. The Morgan fingerprint density at radius 1 is 0.833 bits per heavy atom. The molecule has 0 saturated carbocycles. The summed E-state index contributed by atoms with van der Waals surface area (Å²) in [6, 6.07) is 21.3. The van der Waals surface area contributed by atoms with E-state index in [0.29, 0.717) is 0 Å². The van der Waals surface area contributed by atoms with Crippen molar-refractivity contribution in [3.05, 3.63) is 71.8 Å². The van der Waals surface area contributed by atoms with E-state index in [1.165, 1.54) is 11.1 Å². The average molecular weight is 240 g/mol. The maximum atomic E-state index is 5.55. The van der Waals surface area contributed by atoms with Crippen molar-refractivity contribution in [1.29, 1.82) is 0 Å². The van der Waals surface area contributed by atoms with Crippen LogP contribution in [0.4, 0.5) is 0 Å². The molecule has 0 fully saturated rings. The van der Waals surface area contributed by atoms with Crippen LogP contribution in [0.25, 0.3) is 0 Å². The summed E-state index contributed by atoms with van der Waals surface area (Å²) in [5.41, 5.74) is 8.14. The minimum Gasteiger partial charge on any atom is -0.330 e. The predicted molar refractivity (Wildman–Crippen MR) is 76.4 cm³/mol. The van der Waals surface area contributed by atoms with Crippen LogP contribution in [0.3, 0.4) is 0 Å². The monoisotopic (exact) mass is 240 g/mol. The molecule has 0 aliphatic carbocycles. The van der Waals surface area contributed by atoms with Gasteiger partial charge in [-0.2, -0.15) is 0 Å². The Hall–Kier alpha value is -1.64. The van der Waals surface area contributed by atoms with E-state index < -0.39 is 0 Å². The Morgan fingerprint density at radius 3 is 1.78 bits per heavy atom. The summed E-state index contributed by atoms with van der Waals surface area (Å²) in [5, 5.41) is 3.57. The van der Waals surface area contributed by atoms with E-state index in [4.69, 9.17) is 5.73 Å². The van der Waals surface area contributed by atoms with Gasteiger partial charge in [-0.1, -0.05) is 60.7 Å². The summed E-state index contributed by atoms with van der Waals surface area (Å²) in [4.78, 5) is 0. The van der Waals surface area contributed by atoms with Crippen LogP contribution in [0.5, 0.6) is 0 Å². The molecule has 94 valence electrons. The highest BCUT2D eigenvalue weighted by atomic mass is 14.9. The third-order valence-electron chi connectivity index (χ3n) is 3.00. The molecule has 0 aromatic heterocycles. The van der Waals surface area contributed by atoms with E-state index in [9.17, 15) is 0 Å². The first-order chi connectivity index (χ1) is 8.92. The first-order valence-corrected chi connectivity index (χ1v) is 6.45. The van der Waals surface area contributed by atoms with Gasteiger partial charge >= 0.3 is 0 Å². The van der Waals surface area contributed by atoms with E-state index in [1.807, 2.05) is 12.1 Å². The summed E-state index contributed by atoms with van der Waals surface area (Å²) < 4.78 is 0. The second-order valence-electron chi connectivity index (χ2n) is 4.35. The van der Waals surface area contributed by atoms with Gasteiger partial charge in [0, 0.05) is 0 Å². The Morgan fingerprint density at radius 2 is 1.33 bits per heavy atom. The first kappa shape index (κ1) is 12.8. The molecule has 0 aliphatic heterocycles. The Bertz CT molecular complexity index is 400. The van der Waals surface area contributed by atoms with E-state index in [0.717, 1.165) is 19.5 Å². The molecule has 0 heterocycles. The molecule has 2 nitrogen and oxygen atoms in total. The number of benzene rings is 2. The fourth-order valence-electron chi connectivity index (χ4n) is 2.07. The molecule has 0 aliphatic rings. The van der Waals surface area contributed by atoms with E-state index in [1.54, 1.807) is 0 Å². The lowest BCUT2D eigenvalue weighted by atomic mass is 9.99. The summed E-state index contributed by atoms with van der Waals surface area (Å²) >= 11 is 0. The molecule has 3 N–H and O–H groups in total. The van der Waals surface area contributed by atoms with Gasteiger partial charge in [0.15, 0.2) is 0 Å². The topological polar surface area (TPSA) is 38.0 Å². The Balaban J connectivity index is 2.18. The summed E-state index contributed by atoms with van der Waals surface area (Å²) in [7, 11) is 0. The average Bonchev–Trinajstić information content (AvgIpc) is 2.46. The third-order valence-corrected chi connectivity index (χ3v) is 3.00. The highest BCUT2D eigenvalue weighted by Crippen LogP contribution is 2.21. The van der Waals surface area contributed by atoms with Crippen LogP contribution < -0.4 is 11.1 Å². The highest BCUT2D eigenvalue weighted by molar-refractivity contribution is 5.31. The molecule has 0 atom stereocenters. The molecule has 2 aromatic rings. The summed E-state index contributed by atoms with van der Waals surface area (Å²) in [5.74, 6) is 0. The van der Waals surface area contributed by atoms with Gasteiger partial charge in [-0.05, 0) is 30.6 Å². The van der Waals surface area contributed by atoms with Gasteiger partial charge in [0.2, 0.25) is 0 Å². The summed E-state index contributed by atoms with van der Waals surface area (Å²) in [6.07, 6.45) is 0.996. The van der Waals surface area contributed by atoms with Gasteiger partial charge < -0.3 is 11.1 Å². The molecule has 0 bridgehead atoms. The molecule has 2 aromatic carbocycles. The lowest BCUT2D eigenvalue weighted by molar-refractivity contribution is 0.587. The third kappa shape index (κ3) is 3.42.